The van der Waals surface area contributed by atoms with Crippen molar-refractivity contribution in [2.45, 2.75) is 65.8 Å². The number of aromatic nitrogens is 1. The number of aliphatic hydroxyl groups excluding tert-OH is 1. The van der Waals surface area contributed by atoms with E-state index in [1.54, 1.807) is 11.3 Å². The van der Waals surface area contributed by atoms with Crippen LogP contribution in [0, 0.1) is 19.3 Å². The summed E-state index contributed by atoms with van der Waals surface area (Å²) in [5.74, 6) is 0.867. The predicted molar refractivity (Wildman–Crippen MR) is 117 cm³/mol. The first-order valence-corrected chi connectivity index (χ1v) is 9.96. The molecule has 25 heavy (non-hydrogen) atoms. The maximum atomic E-state index is 9.46. The number of nitrogens with zero attached hydrogens (tertiary/aromatic N) is 2. The van der Waals surface area contributed by atoms with Gasteiger partial charge in [0.15, 0.2) is 5.96 Å². The van der Waals surface area contributed by atoms with E-state index in [4.69, 9.17) is 4.99 Å². The third-order valence-electron chi connectivity index (χ3n) is 4.91. The van der Waals surface area contributed by atoms with E-state index in [9.17, 15) is 5.11 Å². The SMILES string of the molecule is CCNC(=NCc1sc(C)nc1C)NCC1(CCO)CCCCC1.I. The van der Waals surface area contributed by atoms with Gasteiger partial charge in [0.1, 0.15) is 0 Å². The number of hydrogen-bond acceptors (Lipinski definition) is 4. The molecule has 2 rings (SSSR count). The Balaban J connectivity index is 0.00000312. The van der Waals surface area contributed by atoms with Crippen LogP contribution in [0.5, 0.6) is 0 Å². The largest absolute Gasteiger partial charge is 0.396 e. The number of guanidine groups is 1. The standard InChI is InChI=1S/C18H32N4OS.HI/c1-4-19-17(20-12-16-14(2)22-15(3)24-16)21-13-18(10-11-23)8-6-5-7-9-18;/h23H,4-13H2,1-3H3,(H2,19,20,21);1H. The highest BCUT2D eigenvalue weighted by atomic mass is 127. The molecule has 144 valence electrons. The van der Waals surface area contributed by atoms with Gasteiger partial charge >= 0.3 is 0 Å². The number of aliphatic hydroxyl groups is 1. The summed E-state index contributed by atoms with van der Waals surface area (Å²) in [6, 6.07) is 0. The first-order valence-electron chi connectivity index (χ1n) is 9.14. The van der Waals surface area contributed by atoms with Crippen LogP contribution in [0.15, 0.2) is 4.99 Å². The third kappa shape index (κ3) is 7.02. The molecule has 0 aromatic carbocycles. The predicted octanol–water partition coefficient (Wildman–Crippen LogP) is 3.77. The third-order valence-corrected chi connectivity index (χ3v) is 5.97. The number of halogens is 1. The first-order chi connectivity index (χ1) is 11.6. The Morgan fingerprint density at radius 2 is 1.96 bits per heavy atom. The second-order valence-corrected chi connectivity index (χ2v) is 8.11. The second kappa shape index (κ2) is 11.3. The number of thiazole rings is 1. The average molecular weight is 480 g/mol. The fourth-order valence-electron chi connectivity index (χ4n) is 3.54. The molecule has 7 heteroatoms. The van der Waals surface area contributed by atoms with Crippen LogP contribution in [0.1, 0.15) is 61.0 Å². The molecule has 0 atom stereocenters. The van der Waals surface area contributed by atoms with Crippen molar-refractivity contribution >= 4 is 41.3 Å². The van der Waals surface area contributed by atoms with Crippen LogP contribution in [0.25, 0.3) is 0 Å². The highest BCUT2D eigenvalue weighted by molar-refractivity contribution is 14.0. The van der Waals surface area contributed by atoms with Gasteiger partial charge in [-0.05, 0) is 45.4 Å². The minimum Gasteiger partial charge on any atom is -0.396 e. The molecule has 1 saturated carbocycles. The molecule has 0 radical (unpaired) electrons. The number of hydrogen-bond donors (Lipinski definition) is 3. The van der Waals surface area contributed by atoms with Crippen molar-refractivity contribution < 1.29 is 5.11 Å². The monoisotopic (exact) mass is 480 g/mol. The van der Waals surface area contributed by atoms with E-state index < -0.39 is 0 Å². The molecule has 0 unspecified atom stereocenters. The fraction of sp³-hybridized carbons (Fsp3) is 0.778. The smallest absolute Gasteiger partial charge is 0.191 e. The molecular weight excluding hydrogens is 447 g/mol. The average Bonchev–Trinajstić information content (AvgIpc) is 2.89. The van der Waals surface area contributed by atoms with Crippen LogP contribution in [-0.4, -0.2) is 35.7 Å². The van der Waals surface area contributed by atoms with E-state index in [0.717, 1.165) is 36.2 Å². The van der Waals surface area contributed by atoms with Crippen molar-refractivity contribution in [1.82, 2.24) is 15.6 Å². The molecular formula is C18H33IN4OS. The fourth-order valence-corrected chi connectivity index (χ4v) is 4.40. The van der Waals surface area contributed by atoms with Gasteiger partial charge in [-0.2, -0.15) is 0 Å². The molecule has 0 aliphatic heterocycles. The zero-order valence-electron chi connectivity index (χ0n) is 15.7. The van der Waals surface area contributed by atoms with E-state index >= 15 is 0 Å². The van der Waals surface area contributed by atoms with Gasteiger partial charge in [0.2, 0.25) is 0 Å². The van der Waals surface area contributed by atoms with Gasteiger partial charge in [-0.3, -0.25) is 0 Å². The summed E-state index contributed by atoms with van der Waals surface area (Å²) in [7, 11) is 0. The van der Waals surface area contributed by atoms with Crippen LogP contribution in [0.3, 0.4) is 0 Å². The summed E-state index contributed by atoms with van der Waals surface area (Å²) in [6.45, 7) is 8.85. The number of rotatable bonds is 7. The lowest BCUT2D eigenvalue weighted by Gasteiger charge is -2.37. The maximum Gasteiger partial charge on any atom is 0.191 e. The van der Waals surface area contributed by atoms with Gasteiger partial charge in [0.25, 0.3) is 0 Å². The first kappa shape index (κ1) is 22.6. The topological polar surface area (TPSA) is 69.5 Å². The number of aliphatic imine (C=N–C) groups is 1. The van der Waals surface area contributed by atoms with E-state index in [-0.39, 0.29) is 36.0 Å². The van der Waals surface area contributed by atoms with Crippen LogP contribution in [0.2, 0.25) is 0 Å². The normalized spacial score (nSPS) is 17.0. The van der Waals surface area contributed by atoms with Crippen molar-refractivity contribution in [2.24, 2.45) is 10.4 Å². The van der Waals surface area contributed by atoms with Crippen LogP contribution >= 0.6 is 35.3 Å². The number of nitrogens with one attached hydrogen (secondary N) is 2. The van der Waals surface area contributed by atoms with Gasteiger partial charge in [-0.15, -0.1) is 35.3 Å². The Morgan fingerprint density at radius 3 is 2.52 bits per heavy atom. The van der Waals surface area contributed by atoms with Crippen LogP contribution in [0.4, 0.5) is 0 Å². The molecule has 0 bridgehead atoms. The Hall–Kier alpha value is -0.410. The molecule has 1 aromatic heterocycles. The highest BCUT2D eigenvalue weighted by Gasteiger charge is 2.31. The minimum absolute atomic E-state index is 0. The summed E-state index contributed by atoms with van der Waals surface area (Å²) < 4.78 is 0. The van der Waals surface area contributed by atoms with Gasteiger partial charge in [-0.1, -0.05) is 19.3 Å². The van der Waals surface area contributed by atoms with Gasteiger partial charge < -0.3 is 15.7 Å². The lowest BCUT2D eigenvalue weighted by molar-refractivity contribution is 0.131. The molecule has 0 spiro atoms. The van der Waals surface area contributed by atoms with Crippen LogP contribution < -0.4 is 10.6 Å². The van der Waals surface area contributed by atoms with Gasteiger partial charge in [-0.25, -0.2) is 9.98 Å². The quantitative estimate of drug-likeness (QED) is 0.316. The van der Waals surface area contributed by atoms with Crippen molar-refractivity contribution in [3.63, 3.8) is 0 Å². The van der Waals surface area contributed by atoms with E-state index in [2.05, 4.69) is 22.5 Å². The van der Waals surface area contributed by atoms with Crippen molar-refractivity contribution in [3.8, 4) is 0 Å². The zero-order chi connectivity index (χ0) is 17.4. The zero-order valence-corrected chi connectivity index (χ0v) is 18.9. The molecule has 1 fully saturated rings. The molecule has 3 N–H and O–H groups in total. The van der Waals surface area contributed by atoms with Crippen molar-refractivity contribution in [2.75, 3.05) is 19.7 Å². The second-order valence-electron chi connectivity index (χ2n) is 6.82. The highest BCUT2D eigenvalue weighted by Crippen LogP contribution is 2.38. The number of aryl methyl sites for hydroxylation is 2. The van der Waals surface area contributed by atoms with Crippen LogP contribution in [-0.2, 0) is 6.54 Å². The summed E-state index contributed by atoms with van der Waals surface area (Å²) in [6.07, 6.45) is 7.15. The summed E-state index contributed by atoms with van der Waals surface area (Å²) in [5.41, 5.74) is 1.31. The molecule has 5 nitrogen and oxygen atoms in total. The van der Waals surface area contributed by atoms with E-state index in [0.29, 0.717) is 6.54 Å². The Bertz CT molecular complexity index is 536. The van der Waals surface area contributed by atoms with E-state index in [1.807, 2.05) is 13.8 Å². The Labute approximate surface area is 173 Å². The Kier molecular flexibility index (Phi) is 10.3. The molecule has 0 saturated heterocycles. The summed E-state index contributed by atoms with van der Waals surface area (Å²) >= 11 is 1.72. The molecule has 1 aliphatic carbocycles. The van der Waals surface area contributed by atoms with Crippen molar-refractivity contribution in [1.29, 1.82) is 0 Å². The van der Waals surface area contributed by atoms with Crippen molar-refractivity contribution in [3.05, 3.63) is 15.6 Å². The Morgan fingerprint density at radius 1 is 1.24 bits per heavy atom. The molecule has 1 aliphatic rings. The van der Waals surface area contributed by atoms with Gasteiger partial charge in [0.05, 0.1) is 17.2 Å². The lowest BCUT2D eigenvalue weighted by Crippen LogP contribution is -2.44. The molecule has 1 aromatic rings. The van der Waals surface area contributed by atoms with Gasteiger partial charge in [0, 0.05) is 24.6 Å². The summed E-state index contributed by atoms with van der Waals surface area (Å²) in [4.78, 5) is 10.4. The minimum atomic E-state index is 0. The van der Waals surface area contributed by atoms with E-state index in [1.165, 1.54) is 37.0 Å². The molecule has 0 amide bonds. The maximum absolute atomic E-state index is 9.46. The summed E-state index contributed by atoms with van der Waals surface area (Å²) in [5, 5.41) is 17.4. The lowest BCUT2D eigenvalue weighted by atomic mass is 9.72. The molecule has 1 heterocycles.